The summed E-state index contributed by atoms with van der Waals surface area (Å²) < 4.78 is 7.62. The highest BCUT2D eigenvalue weighted by Crippen LogP contribution is 2.35. The largest absolute Gasteiger partial charge is 0.475 e. The molecule has 4 aromatic heterocycles. The molecule has 0 aliphatic carbocycles. The Hall–Kier alpha value is -6.87. The van der Waals surface area contributed by atoms with E-state index in [1.165, 1.54) is 0 Å². The van der Waals surface area contributed by atoms with E-state index in [2.05, 4.69) is 32.8 Å². The van der Waals surface area contributed by atoms with E-state index in [0.29, 0.717) is 40.5 Å². The number of hydrogen-bond acceptors (Lipinski definition) is 9. The van der Waals surface area contributed by atoms with Gasteiger partial charge in [-0.25, -0.2) is 4.98 Å². The molecule has 270 valence electrons. The summed E-state index contributed by atoms with van der Waals surface area (Å²) in [6.45, 7) is 5.77. The summed E-state index contributed by atoms with van der Waals surface area (Å²) in [5.74, 6) is 5.43. The van der Waals surface area contributed by atoms with Gasteiger partial charge in [0, 0.05) is 70.6 Å². The first kappa shape index (κ1) is 35.5. The number of nitrogens with one attached hydrogen (secondary N) is 3. The van der Waals surface area contributed by atoms with Crippen LogP contribution in [-0.4, -0.2) is 55.9 Å². The molecule has 1 fully saturated rings. The van der Waals surface area contributed by atoms with E-state index in [9.17, 15) is 19.2 Å². The molecule has 12 heteroatoms. The molecule has 0 saturated carbocycles. The summed E-state index contributed by atoms with van der Waals surface area (Å²) >= 11 is 0. The lowest BCUT2D eigenvalue weighted by Gasteiger charge is -2.22. The van der Waals surface area contributed by atoms with Gasteiger partial charge in [-0.2, -0.15) is 0 Å². The fraction of sp³-hybridized carbons (Fsp3) is 0.214. The van der Waals surface area contributed by atoms with Gasteiger partial charge in [0.25, 0.3) is 11.5 Å². The minimum absolute atomic E-state index is 0.0776. The van der Waals surface area contributed by atoms with Crippen LogP contribution in [0.2, 0.25) is 0 Å². The smallest absolute Gasteiger partial charge is 0.270 e. The molecule has 3 N–H and O–H groups in total. The molecule has 7 rings (SSSR count). The highest BCUT2D eigenvalue weighted by Gasteiger charge is 2.26. The average molecular weight is 720 g/mol. The Morgan fingerprint density at radius 2 is 1.83 bits per heavy atom. The van der Waals surface area contributed by atoms with E-state index >= 15 is 0 Å². The molecule has 54 heavy (non-hydrogen) atoms. The zero-order valence-corrected chi connectivity index (χ0v) is 30.2. The Morgan fingerprint density at radius 3 is 2.61 bits per heavy atom. The van der Waals surface area contributed by atoms with Gasteiger partial charge in [-0.15, -0.1) is 0 Å². The minimum Gasteiger partial charge on any atom is -0.475 e. The Labute approximate surface area is 311 Å². The van der Waals surface area contributed by atoms with Crippen molar-refractivity contribution in [2.45, 2.75) is 45.8 Å². The Bertz CT molecular complexity index is 2590. The first-order valence-corrected chi connectivity index (χ1v) is 17.5. The zero-order valence-electron chi connectivity index (χ0n) is 30.2. The van der Waals surface area contributed by atoms with Crippen LogP contribution in [0.3, 0.4) is 0 Å². The van der Waals surface area contributed by atoms with E-state index in [0.717, 1.165) is 32.8 Å². The summed E-state index contributed by atoms with van der Waals surface area (Å²) in [5.41, 5.74) is 5.90. The predicted molar refractivity (Wildman–Crippen MR) is 207 cm³/mol. The quantitative estimate of drug-likeness (QED) is 0.140. The van der Waals surface area contributed by atoms with Gasteiger partial charge in [0.05, 0.1) is 29.6 Å². The molecule has 0 bridgehead atoms. The van der Waals surface area contributed by atoms with Crippen molar-refractivity contribution in [2.24, 2.45) is 7.05 Å². The number of aromatic nitrogens is 4. The number of nitrogens with zero attached hydrogens (tertiary/aromatic N) is 4. The standard InChI is InChI=1S/C42H37N7O5/c1-24(2)54-38-21-36-31(18-25(3)42(53)49(36)4)39(48-38)30-12-6-10-27-20-35(45-23-32(27)30)28-13-14-33(44-22-28)40(51)43-17-7-9-26-8-5-11-29(19-26)46-34-15-16-37(50)47-41(34)52/h5-6,8,10-14,18-24,34,46H,15-17H2,1-4H3,(H,43,51)(H,47,50,52). The fourth-order valence-corrected chi connectivity index (χ4v) is 6.39. The number of amides is 3. The molecule has 1 aliphatic heterocycles. The van der Waals surface area contributed by atoms with Crippen molar-refractivity contribution in [1.29, 1.82) is 0 Å². The second-order valence-electron chi connectivity index (χ2n) is 13.3. The number of hydrogen-bond donors (Lipinski definition) is 3. The number of rotatable bonds is 8. The molecule has 3 amide bonds. The van der Waals surface area contributed by atoms with Crippen LogP contribution >= 0.6 is 0 Å². The van der Waals surface area contributed by atoms with E-state index in [-0.39, 0.29) is 48.0 Å². The zero-order chi connectivity index (χ0) is 37.9. The van der Waals surface area contributed by atoms with Gasteiger partial charge in [-0.3, -0.25) is 34.5 Å². The molecular formula is C42H37N7O5. The Balaban J connectivity index is 1.06. The summed E-state index contributed by atoms with van der Waals surface area (Å²) in [5, 5.41) is 10.9. The molecule has 1 saturated heterocycles. The number of benzene rings is 2. The second-order valence-corrected chi connectivity index (χ2v) is 13.3. The average Bonchev–Trinajstić information content (AvgIpc) is 3.16. The number of anilines is 1. The van der Waals surface area contributed by atoms with Crippen LogP contribution in [0.5, 0.6) is 5.88 Å². The van der Waals surface area contributed by atoms with Gasteiger partial charge < -0.3 is 19.9 Å². The van der Waals surface area contributed by atoms with Crippen molar-refractivity contribution in [3.05, 3.63) is 112 Å². The minimum atomic E-state index is -0.490. The molecule has 12 nitrogen and oxygen atoms in total. The number of pyridine rings is 4. The number of carbonyl (C=O) groups is 3. The maximum absolute atomic E-state index is 12.9. The van der Waals surface area contributed by atoms with Crippen molar-refractivity contribution in [3.63, 3.8) is 0 Å². The number of carbonyl (C=O) groups excluding carboxylic acids is 3. The van der Waals surface area contributed by atoms with E-state index < -0.39 is 6.04 Å². The van der Waals surface area contributed by atoms with Gasteiger partial charge in [-0.05, 0) is 75.0 Å². The lowest BCUT2D eigenvalue weighted by molar-refractivity contribution is -0.133. The molecule has 1 unspecified atom stereocenters. The first-order valence-electron chi connectivity index (χ1n) is 17.5. The van der Waals surface area contributed by atoms with Crippen molar-refractivity contribution >= 4 is 45.1 Å². The van der Waals surface area contributed by atoms with E-state index in [4.69, 9.17) is 14.7 Å². The summed E-state index contributed by atoms with van der Waals surface area (Å²) in [6, 6.07) is 21.8. The van der Waals surface area contributed by atoms with Crippen LogP contribution in [0.15, 0.2) is 90.0 Å². The molecular weight excluding hydrogens is 683 g/mol. The SMILES string of the molecule is Cc1cc2c(-c3cccc4cc(-c5ccc(C(=O)NCC#Cc6cccc(NC7CCC(=O)NC7=O)c6)nc5)ncc34)nc(OC(C)C)cc2n(C)c1=O. The van der Waals surface area contributed by atoms with Crippen LogP contribution in [0.1, 0.15) is 48.3 Å². The van der Waals surface area contributed by atoms with Crippen molar-refractivity contribution < 1.29 is 19.1 Å². The summed E-state index contributed by atoms with van der Waals surface area (Å²) in [6.07, 6.45) is 4.03. The molecule has 0 radical (unpaired) electrons. The molecule has 1 atom stereocenters. The molecule has 6 aromatic rings. The van der Waals surface area contributed by atoms with Crippen molar-refractivity contribution in [3.8, 4) is 40.2 Å². The number of piperidine rings is 1. The third-order valence-electron chi connectivity index (χ3n) is 9.06. The van der Waals surface area contributed by atoms with Gasteiger partial charge in [0.15, 0.2) is 0 Å². The number of aryl methyl sites for hydroxylation is 2. The van der Waals surface area contributed by atoms with E-state index in [1.807, 2.05) is 68.4 Å². The monoisotopic (exact) mass is 719 g/mol. The van der Waals surface area contributed by atoms with Gasteiger partial charge in [0.2, 0.25) is 17.7 Å². The maximum Gasteiger partial charge on any atom is 0.270 e. The van der Waals surface area contributed by atoms with Gasteiger partial charge in [-0.1, -0.05) is 36.1 Å². The summed E-state index contributed by atoms with van der Waals surface area (Å²) in [4.78, 5) is 63.2. The lowest BCUT2D eigenvalue weighted by Crippen LogP contribution is -2.47. The van der Waals surface area contributed by atoms with Crippen LogP contribution in [0.25, 0.3) is 44.2 Å². The summed E-state index contributed by atoms with van der Waals surface area (Å²) in [7, 11) is 1.75. The molecule has 0 spiro atoms. The highest BCUT2D eigenvalue weighted by atomic mass is 16.5. The molecule has 5 heterocycles. The van der Waals surface area contributed by atoms with Gasteiger partial charge >= 0.3 is 0 Å². The normalized spacial score (nSPS) is 14.1. The Kier molecular flexibility index (Phi) is 9.87. The van der Waals surface area contributed by atoms with Crippen LogP contribution in [-0.2, 0) is 16.6 Å². The van der Waals surface area contributed by atoms with Crippen molar-refractivity contribution in [1.82, 2.24) is 30.2 Å². The van der Waals surface area contributed by atoms with Crippen molar-refractivity contribution in [2.75, 3.05) is 11.9 Å². The lowest BCUT2D eigenvalue weighted by atomic mass is 9.99. The number of imide groups is 1. The molecule has 1 aliphatic rings. The van der Waals surface area contributed by atoms with Crippen LogP contribution in [0.4, 0.5) is 5.69 Å². The Morgan fingerprint density at radius 1 is 1.00 bits per heavy atom. The second kappa shape index (κ2) is 15.0. The highest BCUT2D eigenvalue weighted by molar-refractivity contribution is 6.04. The van der Waals surface area contributed by atoms with Gasteiger partial charge in [0.1, 0.15) is 11.7 Å². The number of fused-ring (bicyclic) bond motifs is 2. The molecule has 2 aromatic carbocycles. The predicted octanol–water partition coefficient (Wildman–Crippen LogP) is 5.30. The van der Waals surface area contributed by atoms with Crippen LogP contribution < -0.4 is 26.2 Å². The fourth-order valence-electron chi connectivity index (χ4n) is 6.39. The third-order valence-corrected chi connectivity index (χ3v) is 9.06. The third kappa shape index (κ3) is 7.52. The first-order chi connectivity index (χ1) is 26.0. The van der Waals surface area contributed by atoms with Crippen LogP contribution in [0, 0.1) is 18.8 Å². The number of ether oxygens (including phenoxy) is 1. The van der Waals surface area contributed by atoms with E-state index in [1.54, 1.807) is 49.1 Å². The topological polar surface area (TPSA) is 157 Å². The maximum atomic E-state index is 12.9.